The number of sulfonamides is 1. The van der Waals surface area contributed by atoms with Gasteiger partial charge in [-0.05, 0) is 35.9 Å². The molecule has 2 aromatic rings. The van der Waals surface area contributed by atoms with Crippen LogP contribution in [0.1, 0.15) is 15.9 Å². The molecule has 1 amide bonds. The molecule has 6 nitrogen and oxygen atoms in total. The lowest BCUT2D eigenvalue weighted by Crippen LogP contribution is -2.23. The molecule has 0 aliphatic heterocycles. The van der Waals surface area contributed by atoms with Gasteiger partial charge < -0.3 is 10.4 Å². The van der Waals surface area contributed by atoms with E-state index >= 15 is 0 Å². The van der Waals surface area contributed by atoms with Crippen LogP contribution in [0.2, 0.25) is 5.02 Å². The highest BCUT2D eigenvalue weighted by molar-refractivity contribution is 7.89. The van der Waals surface area contributed by atoms with Crippen molar-refractivity contribution in [2.24, 2.45) is 5.14 Å². The minimum absolute atomic E-state index is 0.0371. The fraction of sp³-hybridized carbons (Fsp3) is 0.0714. The van der Waals surface area contributed by atoms with E-state index in [4.69, 9.17) is 16.7 Å². The fourth-order valence-corrected chi connectivity index (χ4v) is 2.56. The van der Waals surface area contributed by atoms with Crippen molar-refractivity contribution in [3.63, 3.8) is 0 Å². The number of hydrogen-bond acceptors (Lipinski definition) is 4. The number of phenolic OH excluding ortho intramolecular Hbond substituents is 1. The first kappa shape index (κ1) is 16.3. The highest BCUT2D eigenvalue weighted by atomic mass is 35.5. The van der Waals surface area contributed by atoms with Gasteiger partial charge in [0.05, 0.1) is 10.5 Å². The van der Waals surface area contributed by atoms with E-state index in [9.17, 15) is 18.3 Å². The van der Waals surface area contributed by atoms with Gasteiger partial charge in [0.25, 0.3) is 5.91 Å². The molecule has 0 aromatic heterocycles. The van der Waals surface area contributed by atoms with Crippen molar-refractivity contribution < 1.29 is 18.3 Å². The van der Waals surface area contributed by atoms with Gasteiger partial charge in [-0.25, -0.2) is 13.6 Å². The zero-order chi connectivity index (χ0) is 16.3. The molecule has 116 valence electrons. The summed E-state index contributed by atoms with van der Waals surface area (Å²) in [5, 5.41) is 17.6. The summed E-state index contributed by atoms with van der Waals surface area (Å²) in [7, 11) is -3.80. The molecule has 8 heteroatoms. The SMILES string of the molecule is NS(=O)(=O)c1cccc(CNC(=O)c2cc(Cl)ccc2O)c1. The van der Waals surface area contributed by atoms with Gasteiger partial charge in [0.1, 0.15) is 5.75 Å². The van der Waals surface area contributed by atoms with Gasteiger partial charge in [-0.3, -0.25) is 4.79 Å². The largest absolute Gasteiger partial charge is 0.507 e. The van der Waals surface area contributed by atoms with Crippen molar-refractivity contribution >= 4 is 27.5 Å². The molecule has 0 aliphatic carbocycles. The zero-order valence-electron chi connectivity index (χ0n) is 11.3. The maximum absolute atomic E-state index is 12.0. The van der Waals surface area contributed by atoms with Crippen LogP contribution in [0.5, 0.6) is 5.75 Å². The number of carbonyl (C=O) groups excluding carboxylic acids is 1. The van der Waals surface area contributed by atoms with Gasteiger partial charge in [0.2, 0.25) is 10.0 Å². The number of amides is 1. The van der Waals surface area contributed by atoms with E-state index in [-0.39, 0.29) is 22.8 Å². The molecule has 0 atom stereocenters. The van der Waals surface area contributed by atoms with E-state index in [0.717, 1.165) is 0 Å². The first-order chi connectivity index (χ1) is 10.3. The lowest BCUT2D eigenvalue weighted by Gasteiger charge is -2.08. The van der Waals surface area contributed by atoms with Crippen LogP contribution in [-0.4, -0.2) is 19.4 Å². The number of nitrogens with one attached hydrogen (secondary N) is 1. The molecule has 2 aromatic carbocycles. The van der Waals surface area contributed by atoms with Gasteiger partial charge in [-0.2, -0.15) is 0 Å². The number of aromatic hydroxyl groups is 1. The van der Waals surface area contributed by atoms with Crippen LogP contribution in [0.4, 0.5) is 0 Å². The van der Waals surface area contributed by atoms with Crippen LogP contribution in [0.25, 0.3) is 0 Å². The Kier molecular flexibility index (Phi) is 4.70. The second-order valence-corrected chi connectivity index (χ2v) is 6.53. The monoisotopic (exact) mass is 340 g/mol. The Bertz CT molecular complexity index is 821. The first-order valence-electron chi connectivity index (χ1n) is 6.16. The summed E-state index contributed by atoms with van der Waals surface area (Å²) in [6.07, 6.45) is 0. The van der Waals surface area contributed by atoms with Gasteiger partial charge in [0, 0.05) is 11.6 Å². The maximum Gasteiger partial charge on any atom is 0.255 e. The van der Waals surface area contributed by atoms with Crippen molar-refractivity contribution in [1.29, 1.82) is 0 Å². The lowest BCUT2D eigenvalue weighted by atomic mass is 10.1. The van der Waals surface area contributed by atoms with Crippen LogP contribution >= 0.6 is 11.6 Å². The lowest BCUT2D eigenvalue weighted by molar-refractivity contribution is 0.0948. The number of nitrogens with two attached hydrogens (primary N) is 1. The smallest absolute Gasteiger partial charge is 0.255 e. The molecule has 0 fully saturated rings. The average molecular weight is 341 g/mol. The third kappa shape index (κ3) is 3.97. The Labute approximate surface area is 132 Å². The van der Waals surface area contributed by atoms with Crippen molar-refractivity contribution in [3.05, 3.63) is 58.6 Å². The number of halogens is 1. The topological polar surface area (TPSA) is 109 Å². The van der Waals surface area contributed by atoms with Gasteiger partial charge in [0.15, 0.2) is 0 Å². The number of carbonyl (C=O) groups is 1. The highest BCUT2D eigenvalue weighted by Crippen LogP contribution is 2.21. The maximum atomic E-state index is 12.0. The van der Waals surface area contributed by atoms with E-state index in [1.807, 2.05) is 0 Å². The highest BCUT2D eigenvalue weighted by Gasteiger charge is 2.12. The summed E-state index contributed by atoms with van der Waals surface area (Å²) >= 11 is 5.78. The minimum Gasteiger partial charge on any atom is -0.507 e. The Morgan fingerprint density at radius 1 is 1.23 bits per heavy atom. The summed E-state index contributed by atoms with van der Waals surface area (Å²) in [6.45, 7) is 0.0775. The number of rotatable bonds is 4. The molecule has 2 rings (SSSR count). The number of benzene rings is 2. The van der Waals surface area contributed by atoms with Gasteiger partial charge in [-0.1, -0.05) is 23.7 Å². The van der Waals surface area contributed by atoms with Crippen LogP contribution in [-0.2, 0) is 16.6 Å². The molecule has 0 heterocycles. The summed E-state index contributed by atoms with van der Waals surface area (Å²) < 4.78 is 22.5. The molecule has 4 N–H and O–H groups in total. The predicted octanol–water partition coefficient (Wildman–Crippen LogP) is 1.62. The third-order valence-electron chi connectivity index (χ3n) is 2.88. The Balaban J connectivity index is 2.13. The summed E-state index contributed by atoms with van der Waals surface area (Å²) in [6, 6.07) is 10.0. The molecule has 0 unspecified atom stereocenters. The minimum atomic E-state index is -3.80. The second-order valence-electron chi connectivity index (χ2n) is 4.54. The summed E-state index contributed by atoms with van der Waals surface area (Å²) in [5.74, 6) is -0.721. The molecule has 0 saturated heterocycles. The van der Waals surface area contributed by atoms with Crippen molar-refractivity contribution in [2.75, 3.05) is 0 Å². The standard InChI is InChI=1S/C14H13ClN2O4S/c15-10-4-5-13(18)12(7-10)14(19)17-8-9-2-1-3-11(6-9)22(16,20)21/h1-7,18H,8H2,(H,17,19)(H2,16,20,21). The molecule has 0 aliphatic rings. The van der Waals surface area contributed by atoms with Crippen LogP contribution in [0.15, 0.2) is 47.4 Å². The van der Waals surface area contributed by atoms with Gasteiger partial charge >= 0.3 is 0 Å². The number of primary sulfonamides is 1. The molecular formula is C14H13ClN2O4S. The Morgan fingerprint density at radius 2 is 1.95 bits per heavy atom. The zero-order valence-corrected chi connectivity index (χ0v) is 12.9. The van der Waals surface area contributed by atoms with E-state index in [0.29, 0.717) is 10.6 Å². The molecule has 22 heavy (non-hydrogen) atoms. The molecule has 0 saturated carbocycles. The van der Waals surface area contributed by atoms with E-state index in [1.54, 1.807) is 6.07 Å². The van der Waals surface area contributed by atoms with Crippen molar-refractivity contribution in [1.82, 2.24) is 5.32 Å². The Morgan fingerprint density at radius 3 is 2.64 bits per heavy atom. The number of phenols is 1. The average Bonchev–Trinajstić information content (AvgIpc) is 2.47. The summed E-state index contributed by atoms with van der Waals surface area (Å²) in [4.78, 5) is 12.0. The Hall–Kier alpha value is -2.09. The number of hydrogen-bond donors (Lipinski definition) is 3. The first-order valence-corrected chi connectivity index (χ1v) is 8.08. The summed E-state index contributed by atoms with van der Waals surface area (Å²) in [5.41, 5.74) is 0.594. The van der Waals surface area contributed by atoms with E-state index in [1.165, 1.54) is 36.4 Å². The van der Waals surface area contributed by atoms with Crippen LogP contribution in [0.3, 0.4) is 0 Å². The molecule has 0 bridgehead atoms. The predicted molar refractivity (Wildman–Crippen MR) is 82.1 cm³/mol. The second kappa shape index (κ2) is 6.35. The quantitative estimate of drug-likeness (QED) is 0.785. The normalized spacial score (nSPS) is 11.2. The molecule has 0 radical (unpaired) electrons. The molecule has 0 spiro atoms. The molecular weight excluding hydrogens is 328 g/mol. The third-order valence-corrected chi connectivity index (χ3v) is 4.03. The van der Waals surface area contributed by atoms with Crippen LogP contribution < -0.4 is 10.5 Å². The van der Waals surface area contributed by atoms with Crippen molar-refractivity contribution in [2.45, 2.75) is 11.4 Å². The van der Waals surface area contributed by atoms with Crippen LogP contribution in [0, 0.1) is 0 Å². The van der Waals surface area contributed by atoms with Gasteiger partial charge in [-0.15, -0.1) is 0 Å². The van der Waals surface area contributed by atoms with E-state index < -0.39 is 15.9 Å². The van der Waals surface area contributed by atoms with Crippen molar-refractivity contribution in [3.8, 4) is 5.75 Å². The fourth-order valence-electron chi connectivity index (χ4n) is 1.80. The van der Waals surface area contributed by atoms with E-state index in [2.05, 4.69) is 5.32 Å².